The van der Waals surface area contributed by atoms with E-state index in [4.69, 9.17) is 16.3 Å². The molecule has 0 aliphatic carbocycles. The van der Waals surface area contributed by atoms with E-state index < -0.39 is 0 Å². The van der Waals surface area contributed by atoms with Crippen LogP contribution in [0.25, 0.3) is 0 Å². The Morgan fingerprint density at radius 3 is 2.75 bits per heavy atom. The summed E-state index contributed by atoms with van der Waals surface area (Å²) in [5.41, 5.74) is -0.249. The van der Waals surface area contributed by atoms with Gasteiger partial charge in [0.15, 0.2) is 0 Å². The Kier molecular flexibility index (Phi) is 4.35. The number of nitrogens with zero attached hydrogens (tertiary/aromatic N) is 2. The first kappa shape index (κ1) is 13.0. The van der Waals surface area contributed by atoms with Crippen molar-refractivity contribution >= 4 is 17.4 Å². The second-order valence-electron chi connectivity index (χ2n) is 4.14. The van der Waals surface area contributed by atoms with E-state index in [1.54, 1.807) is 12.4 Å². The largest absolute Gasteiger partial charge is 0.477 e. The van der Waals surface area contributed by atoms with Crippen LogP contribution in [0.15, 0.2) is 12.4 Å². The normalized spacial score (nSPS) is 13.3. The maximum atomic E-state index is 6.08. The molecule has 1 aromatic heterocycles. The third kappa shape index (κ3) is 3.52. The van der Waals surface area contributed by atoms with Gasteiger partial charge in [0, 0.05) is 5.54 Å². The first-order chi connectivity index (χ1) is 7.45. The Morgan fingerprint density at radius 2 is 2.19 bits per heavy atom. The number of hydrogen-bond donors (Lipinski definition) is 1. The van der Waals surface area contributed by atoms with Gasteiger partial charge in [-0.15, -0.1) is 11.6 Å². The fraction of sp³-hybridized carbons (Fsp3) is 0.636. The van der Waals surface area contributed by atoms with E-state index >= 15 is 0 Å². The molecule has 1 N–H and O–H groups in total. The molecule has 5 heteroatoms. The zero-order chi connectivity index (χ0) is 12.2. The van der Waals surface area contributed by atoms with Crippen LogP contribution in [-0.4, -0.2) is 27.5 Å². The number of aromatic nitrogens is 2. The van der Waals surface area contributed by atoms with Gasteiger partial charge < -0.3 is 10.1 Å². The lowest BCUT2D eigenvalue weighted by molar-refractivity contribution is 0.325. The molecule has 0 amide bonds. The monoisotopic (exact) mass is 243 g/mol. The molecule has 90 valence electrons. The number of halogens is 1. The van der Waals surface area contributed by atoms with Gasteiger partial charge in [0.2, 0.25) is 5.88 Å². The molecule has 1 heterocycles. The molecule has 1 aromatic rings. The van der Waals surface area contributed by atoms with E-state index in [1.165, 1.54) is 0 Å². The van der Waals surface area contributed by atoms with Crippen molar-refractivity contribution in [1.82, 2.24) is 9.97 Å². The molecule has 16 heavy (non-hydrogen) atoms. The molecule has 0 saturated heterocycles. The number of nitrogens with one attached hydrogen (secondary N) is 1. The summed E-state index contributed by atoms with van der Waals surface area (Å²) in [5, 5.41) is 3.21. The molecule has 0 bridgehead atoms. The Bertz CT molecular complexity index is 342. The summed E-state index contributed by atoms with van der Waals surface area (Å²) >= 11 is 6.08. The van der Waals surface area contributed by atoms with Gasteiger partial charge in [-0.25, -0.2) is 0 Å². The van der Waals surface area contributed by atoms with E-state index in [-0.39, 0.29) is 10.9 Å². The summed E-state index contributed by atoms with van der Waals surface area (Å²) in [6.45, 7) is 8.45. The Labute approximate surface area is 101 Å². The molecule has 0 saturated carbocycles. The van der Waals surface area contributed by atoms with Crippen molar-refractivity contribution in [2.75, 3.05) is 11.9 Å². The van der Waals surface area contributed by atoms with E-state index in [2.05, 4.69) is 15.3 Å². The predicted octanol–water partition coefficient (Wildman–Crippen LogP) is 2.69. The molecule has 0 aliphatic rings. The summed E-state index contributed by atoms with van der Waals surface area (Å²) in [6.07, 6.45) is 3.25. The SMILES string of the molecule is CCOc1cncc(NC(C)(C)C(C)Cl)n1. The van der Waals surface area contributed by atoms with Gasteiger partial charge in [0.1, 0.15) is 5.82 Å². The minimum Gasteiger partial charge on any atom is -0.477 e. The van der Waals surface area contributed by atoms with E-state index in [0.717, 1.165) is 0 Å². The highest BCUT2D eigenvalue weighted by molar-refractivity contribution is 6.21. The predicted molar refractivity (Wildman–Crippen MR) is 66.2 cm³/mol. The van der Waals surface area contributed by atoms with Crippen LogP contribution in [0.2, 0.25) is 0 Å². The minimum atomic E-state index is -0.249. The summed E-state index contributed by atoms with van der Waals surface area (Å²) < 4.78 is 5.27. The van der Waals surface area contributed by atoms with Crippen LogP contribution < -0.4 is 10.1 Å². The van der Waals surface area contributed by atoms with Crippen molar-refractivity contribution in [2.45, 2.75) is 38.6 Å². The average molecular weight is 244 g/mol. The Balaban J connectivity index is 2.77. The Hall–Kier alpha value is -1.03. The van der Waals surface area contributed by atoms with Crippen LogP contribution in [0.1, 0.15) is 27.7 Å². The molecule has 0 fully saturated rings. The van der Waals surface area contributed by atoms with Crippen molar-refractivity contribution in [3.05, 3.63) is 12.4 Å². The van der Waals surface area contributed by atoms with Gasteiger partial charge in [-0.05, 0) is 27.7 Å². The van der Waals surface area contributed by atoms with Crippen molar-refractivity contribution in [3.63, 3.8) is 0 Å². The minimum absolute atomic E-state index is 0.0231. The molecular weight excluding hydrogens is 226 g/mol. The number of anilines is 1. The first-order valence-electron chi connectivity index (χ1n) is 5.33. The van der Waals surface area contributed by atoms with Gasteiger partial charge in [-0.2, -0.15) is 4.98 Å². The van der Waals surface area contributed by atoms with Crippen molar-refractivity contribution in [2.24, 2.45) is 0 Å². The maximum absolute atomic E-state index is 6.08. The van der Waals surface area contributed by atoms with Crippen LogP contribution in [0.5, 0.6) is 5.88 Å². The average Bonchev–Trinajstić information content (AvgIpc) is 2.17. The van der Waals surface area contributed by atoms with Gasteiger partial charge in [0.25, 0.3) is 0 Å². The molecule has 1 unspecified atom stereocenters. The number of rotatable bonds is 5. The van der Waals surface area contributed by atoms with Crippen LogP contribution in [0.4, 0.5) is 5.82 Å². The van der Waals surface area contributed by atoms with Gasteiger partial charge in [-0.3, -0.25) is 4.98 Å². The van der Waals surface area contributed by atoms with Crippen LogP contribution in [0.3, 0.4) is 0 Å². The zero-order valence-corrected chi connectivity index (χ0v) is 10.9. The van der Waals surface area contributed by atoms with E-state index in [9.17, 15) is 0 Å². The fourth-order valence-corrected chi connectivity index (χ4v) is 1.11. The highest BCUT2D eigenvalue weighted by atomic mass is 35.5. The molecule has 0 aromatic carbocycles. The van der Waals surface area contributed by atoms with Crippen LogP contribution in [0, 0.1) is 0 Å². The van der Waals surface area contributed by atoms with Crippen molar-refractivity contribution in [1.29, 1.82) is 0 Å². The molecular formula is C11H18ClN3O. The number of alkyl halides is 1. The molecule has 0 spiro atoms. The third-order valence-electron chi connectivity index (χ3n) is 2.35. The van der Waals surface area contributed by atoms with Crippen molar-refractivity contribution < 1.29 is 4.74 Å². The van der Waals surface area contributed by atoms with E-state index in [1.807, 2.05) is 27.7 Å². The van der Waals surface area contributed by atoms with Gasteiger partial charge in [-0.1, -0.05) is 0 Å². The van der Waals surface area contributed by atoms with E-state index in [0.29, 0.717) is 18.3 Å². The fourth-order valence-electron chi connectivity index (χ4n) is 1.06. The third-order valence-corrected chi connectivity index (χ3v) is 2.89. The molecule has 1 atom stereocenters. The number of ether oxygens (including phenoxy) is 1. The molecule has 1 rings (SSSR count). The highest BCUT2D eigenvalue weighted by Crippen LogP contribution is 2.21. The molecule has 4 nitrogen and oxygen atoms in total. The summed E-state index contributed by atoms with van der Waals surface area (Å²) in [6, 6.07) is 0. The summed E-state index contributed by atoms with van der Waals surface area (Å²) in [5.74, 6) is 1.19. The summed E-state index contributed by atoms with van der Waals surface area (Å²) in [7, 11) is 0. The standard InChI is InChI=1S/C11H18ClN3O/c1-5-16-10-7-13-6-9(14-10)15-11(3,4)8(2)12/h6-8H,5H2,1-4H3,(H,14,15). The topological polar surface area (TPSA) is 47.0 Å². The van der Waals surface area contributed by atoms with Crippen LogP contribution in [-0.2, 0) is 0 Å². The zero-order valence-electron chi connectivity index (χ0n) is 10.1. The second-order valence-corrected chi connectivity index (χ2v) is 4.79. The highest BCUT2D eigenvalue weighted by Gasteiger charge is 2.24. The van der Waals surface area contributed by atoms with Gasteiger partial charge >= 0.3 is 0 Å². The van der Waals surface area contributed by atoms with Gasteiger partial charge in [0.05, 0.1) is 24.4 Å². The Morgan fingerprint density at radius 1 is 1.50 bits per heavy atom. The lowest BCUT2D eigenvalue weighted by atomic mass is 10.0. The van der Waals surface area contributed by atoms with Crippen molar-refractivity contribution in [3.8, 4) is 5.88 Å². The number of hydrogen-bond acceptors (Lipinski definition) is 4. The lowest BCUT2D eigenvalue weighted by Crippen LogP contribution is -2.39. The lowest BCUT2D eigenvalue weighted by Gasteiger charge is -2.29. The maximum Gasteiger partial charge on any atom is 0.234 e. The summed E-state index contributed by atoms with van der Waals surface area (Å²) in [4.78, 5) is 8.33. The first-order valence-corrected chi connectivity index (χ1v) is 5.76. The second kappa shape index (κ2) is 5.34. The quantitative estimate of drug-likeness (QED) is 0.808. The van der Waals surface area contributed by atoms with Crippen LogP contribution >= 0.6 is 11.6 Å². The smallest absolute Gasteiger partial charge is 0.234 e. The molecule has 0 aliphatic heterocycles. The molecule has 0 radical (unpaired) electrons.